The Kier molecular flexibility index (Phi) is 6.83. The number of carbonyl (C=O) groups excluding carboxylic acids is 2. The Bertz CT molecular complexity index is 1270. The molecule has 1 aliphatic rings. The van der Waals surface area contributed by atoms with Crippen molar-refractivity contribution in [2.75, 3.05) is 10.2 Å². The van der Waals surface area contributed by atoms with Crippen molar-refractivity contribution < 1.29 is 9.59 Å². The summed E-state index contributed by atoms with van der Waals surface area (Å²) in [6.45, 7) is 1.92. The van der Waals surface area contributed by atoms with Gasteiger partial charge >= 0.3 is 0 Å². The van der Waals surface area contributed by atoms with Gasteiger partial charge in [0.05, 0.1) is 5.25 Å². The van der Waals surface area contributed by atoms with Crippen molar-refractivity contribution in [1.82, 2.24) is 0 Å². The summed E-state index contributed by atoms with van der Waals surface area (Å²) in [5.74, 6) is -0.739. The molecule has 0 spiro atoms. The van der Waals surface area contributed by atoms with Gasteiger partial charge in [-0.3, -0.25) is 14.5 Å². The van der Waals surface area contributed by atoms with E-state index in [-0.39, 0.29) is 11.5 Å². The van der Waals surface area contributed by atoms with Gasteiger partial charge < -0.3 is 5.32 Å². The third-order valence-electron chi connectivity index (χ3n) is 5.21. The highest BCUT2D eigenvalue weighted by atomic mass is 35.5. The molecule has 0 unspecified atom stereocenters. The van der Waals surface area contributed by atoms with E-state index < -0.39 is 11.2 Å². The Morgan fingerprint density at radius 1 is 1.09 bits per heavy atom. The second-order valence-electron chi connectivity index (χ2n) is 7.52. The van der Waals surface area contributed by atoms with Crippen molar-refractivity contribution in [3.63, 3.8) is 0 Å². The molecule has 5 nitrogen and oxygen atoms in total. The van der Waals surface area contributed by atoms with E-state index in [1.54, 1.807) is 36.4 Å². The van der Waals surface area contributed by atoms with Gasteiger partial charge in [-0.1, -0.05) is 71.9 Å². The summed E-state index contributed by atoms with van der Waals surface area (Å²) in [6.07, 6.45) is 0.426. The lowest BCUT2D eigenvalue weighted by Crippen LogP contribution is -2.30. The largest absolute Gasteiger partial charge is 0.321 e. The number of nitriles is 1. The number of thioether (sulfide) groups is 1. The zero-order valence-corrected chi connectivity index (χ0v) is 19.4. The van der Waals surface area contributed by atoms with E-state index in [2.05, 4.69) is 5.32 Å². The SMILES string of the molecule is Cc1ccc(C[C@@H]2S/C(=C(/C#N)C(=O)Nc3ccccc3)N(c3ccccc3)C2=O)cc1Cl. The van der Waals surface area contributed by atoms with E-state index in [1.165, 1.54) is 16.7 Å². The zero-order valence-electron chi connectivity index (χ0n) is 17.8. The molecule has 0 radical (unpaired) electrons. The molecular formula is C26H20ClN3O2S. The minimum atomic E-state index is -0.557. The molecule has 4 rings (SSSR count). The molecule has 0 aromatic heterocycles. The molecule has 0 aliphatic carbocycles. The number of nitrogens with zero attached hydrogens (tertiary/aromatic N) is 2. The van der Waals surface area contributed by atoms with Gasteiger partial charge in [0.2, 0.25) is 5.91 Å². The summed E-state index contributed by atoms with van der Waals surface area (Å²) in [7, 11) is 0. The number of para-hydroxylation sites is 2. The maximum Gasteiger partial charge on any atom is 0.269 e. The monoisotopic (exact) mass is 473 g/mol. The van der Waals surface area contributed by atoms with Crippen LogP contribution in [0.1, 0.15) is 11.1 Å². The molecule has 3 aromatic carbocycles. The van der Waals surface area contributed by atoms with Crippen LogP contribution in [-0.4, -0.2) is 17.1 Å². The van der Waals surface area contributed by atoms with E-state index in [1.807, 2.05) is 55.5 Å². The van der Waals surface area contributed by atoms with Gasteiger partial charge in [-0.05, 0) is 54.8 Å². The maximum atomic E-state index is 13.5. The molecule has 1 saturated heterocycles. The van der Waals surface area contributed by atoms with E-state index in [9.17, 15) is 14.9 Å². The molecule has 0 bridgehead atoms. The van der Waals surface area contributed by atoms with Crippen LogP contribution in [0.3, 0.4) is 0 Å². The minimum absolute atomic E-state index is 0.106. The van der Waals surface area contributed by atoms with Gasteiger partial charge in [-0.15, -0.1) is 0 Å². The second kappa shape index (κ2) is 9.95. The van der Waals surface area contributed by atoms with Gasteiger partial charge in [0.15, 0.2) is 0 Å². The molecule has 1 aliphatic heterocycles. The van der Waals surface area contributed by atoms with Crippen LogP contribution in [0.15, 0.2) is 89.5 Å². The predicted octanol–water partition coefficient (Wildman–Crippen LogP) is 5.71. The molecule has 7 heteroatoms. The number of hydrogen-bond acceptors (Lipinski definition) is 4. The molecule has 3 aromatic rings. The molecule has 164 valence electrons. The first-order chi connectivity index (χ1) is 16.0. The lowest BCUT2D eigenvalue weighted by atomic mass is 10.1. The molecule has 1 fully saturated rings. The highest BCUT2D eigenvalue weighted by molar-refractivity contribution is 8.05. The summed E-state index contributed by atoms with van der Waals surface area (Å²) in [6, 6.07) is 25.7. The second-order valence-corrected chi connectivity index (χ2v) is 9.11. The van der Waals surface area contributed by atoms with E-state index in [0.29, 0.717) is 27.8 Å². The third kappa shape index (κ3) is 4.95. The number of anilines is 2. The van der Waals surface area contributed by atoms with Crippen LogP contribution < -0.4 is 10.2 Å². The fourth-order valence-electron chi connectivity index (χ4n) is 3.49. The molecule has 1 heterocycles. The Labute approximate surface area is 201 Å². The molecule has 33 heavy (non-hydrogen) atoms. The molecule has 0 saturated carbocycles. The van der Waals surface area contributed by atoms with Crippen LogP contribution in [0, 0.1) is 18.3 Å². The molecular weight excluding hydrogens is 454 g/mol. The predicted molar refractivity (Wildman–Crippen MR) is 133 cm³/mol. The summed E-state index contributed by atoms with van der Waals surface area (Å²) < 4.78 is 0. The number of nitrogens with one attached hydrogen (secondary N) is 1. The minimum Gasteiger partial charge on any atom is -0.321 e. The summed E-state index contributed by atoms with van der Waals surface area (Å²) >= 11 is 7.50. The van der Waals surface area contributed by atoms with Crippen LogP contribution in [0.4, 0.5) is 11.4 Å². The van der Waals surface area contributed by atoms with E-state index in [4.69, 9.17) is 11.6 Å². The van der Waals surface area contributed by atoms with Gasteiger partial charge in [-0.25, -0.2) is 0 Å². The number of rotatable bonds is 5. The standard InChI is InChI=1S/C26H20ClN3O2S/c1-17-12-13-18(14-22(17)27)15-23-25(32)30(20-10-6-3-7-11-20)26(33-23)21(16-28)24(31)29-19-8-4-2-5-9-19/h2-14,23H,15H2,1H3,(H,29,31)/b26-21-/t23-/m0/s1. The number of halogens is 1. The first kappa shape index (κ1) is 22.7. The van der Waals surface area contributed by atoms with E-state index in [0.717, 1.165) is 11.1 Å². The number of carbonyl (C=O) groups is 2. The number of benzene rings is 3. The molecule has 2 amide bonds. The summed E-state index contributed by atoms with van der Waals surface area (Å²) in [4.78, 5) is 27.9. The zero-order chi connectivity index (χ0) is 23.4. The molecule has 1 atom stereocenters. The van der Waals surface area contributed by atoms with Gasteiger partial charge in [0.1, 0.15) is 16.7 Å². The van der Waals surface area contributed by atoms with E-state index >= 15 is 0 Å². The van der Waals surface area contributed by atoms with Crippen LogP contribution in [0.25, 0.3) is 0 Å². The highest BCUT2D eigenvalue weighted by Gasteiger charge is 2.40. The Balaban J connectivity index is 1.71. The van der Waals surface area contributed by atoms with Crippen LogP contribution >= 0.6 is 23.4 Å². The van der Waals surface area contributed by atoms with Crippen LogP contribution in [0.2, 0.25) is 5.02 Å². The normalized spacial score (nSPS) is 16.9. The smallest absolute Gasteiger partial charge is 0.269 e. The van der Waals surface area contributed by atoms with Gasteiger partial charge in [0.25, 0.3) is 5.91 Å². The third-order valence-corrected chi connectivity index (χ3v) is 6.88. The van der Waals surface area contributed by atoms with Gasteiger partial charge in [-0.2, -0.15) is 5.26 Å². The topological polar surface area (TPSA) is 73.2 Å². The Hall–Kier alpha value is -3.53. The number of amides is 2. The fraction of sp³-hybridized carbons (Fsp3) is 0.115. The van der Waals surface area contributed by atoms with Crippen molar-refractivity contribution in [1.29, 1.82) is 5.26 Å². The summed E-state index contributed by atoms with van der Waals surface area (Å²) in [5.41, 5.74) is 2.95. The molecule has 1 N–H and O–H groups in total. The lowest BCUT2D eigenvalue weighted by Gasteiger charge is -2.18. The number of hydrogen-bond donors (Lipinski definition) is 1. The first-order valence-electron chi connectivity index (χ1n) is 10.3. The quantitative estimate of drug-likeness (QED) is 0.380. The maximum absolute atomic E-state index is 13.5. The van der Waals surface area contributed by atoms with Gasteiger partial charge in [0, 0.05) is 16.4 Å². The highest BCUT2D eigenvalue weighted by Crippen LogP contribution is 2.42. The van der Waals surface area contributed by atoms with Crippen LogP contribution in [0.5, 0.6) is 0 Å². The number of aryl methyl sites for hydroxylation is 1. The first-order valence-corrected chi connectivity index (χ1v) is 11.5. The van der Waals surface area contributed by atoms with Crippen molar-refractivity contribution in [3.05, 3.63) is 106 Å². The Morgan fingerprint density at radius 2 is 1.76 bits per heavy atom. The van der Waals surface area contributed by atoms with Crippen molar-refractivity contribution in [2.24, 2.45) is 0 Å². The van der Waals surface area contributed by atoms with Crippen molar-refractivity contribution in [3.8, 4) is 6.07 Å². The summed E-state index contributed by atoms with van der Waals surface area (Å²) in [5, 5.41) is 13.1. The average Bonchev–Trinajstić information content (AvgIpc) is 3.13. The Morgan fingerprint density at radius 3 is 2.39 bits per heavy atom. The average molecular weight is 474 g/mol. The fourth-order valence-corrected chi connectivity index (χ4v) is 5.00. The van der Waals surface area contributed by atoms with Crippen molar-refractivity contribution >= 4 is 46.6 Å². The lowest BCUT2D eigenvalue weighted by molar-refractivity contribution is -0.117. The van der Waals surface area contributed by atoms with Crippen molar-refractivity contribution in [2.45, 2.75) is 18.6 Å². The van der Waals surface area contributed by atoms with Crippen LogP contribution in [-0.2, 0) is 16.0 Å².